The normalized spacial score (nSPS) is 19.5. The standard InChI is InChI=1S/C22H23ClF2N2O3S/c1-15(11-12-31(2,29)30)26-21(28)16-7-9-17(10-8-16)27-14-22(24,25)13-20(27)18-5-3-4-6-19(18)23/h3-12,15,20H,13-14H2,1-2H3,(H,26,28)/b12-11+/t15-,20?/m1/s1. The van der Waals surface area contributed by atoms with Crippen LogP contribution in [0.25, 0.3) is 0 Å². The van der Waals surface area contributed by atoms with Gasteiger partial charge in [-0.3, -0.25) is 4.79 Å². The van der Waals surface area contributed by atoms with Crippen molar-refractivity contribution < 1.29 is 22.0 Å². The van der Waals surface area contributed by atoms with Crippen molar-refractivity contribution in [3.8, 4) is 0 Å². The summed E-state index contributed by atoms with van der Waals surface area (Å²) in [6.45, 7) is 1.20. The molecule has 1 fully saturated rings. The summed E-state index contributed by atoms with van der Waals surface area (Å²) in [6.07, 6.45) is 2.10. The van der Waals surface area contributed by atoms with Crippen molar-refractivity contribution in [2.24, 2.45) is 0 Å². The second kappa shape index (κ2) is 8.96. The Bertz CT molecular complexity index is 1090. The lowest BCUT2D eigenvalue weighted by Gasteiger charge is -2.27. The van der Waals surface area contributed by atoms with Gasteiger partial charge < -0.3 is 10.2 Å². The van der Waals surface area contributed by atoms with Crippen molar-refractivity contribution >= 4 is 33.0 Å². The van der Waals surface area contributed by atoms with E-state index in [2.05, 4.69) is 5.32 Å². The first-order valence-electron chi connectivity index (χ1n) is 9.63. The van der Waals surface area contributed by atoms with E-state index in [0.29, 0.717) is 21.8 Å². The highest BCUT2D eigenvalue weighted by Crippen LogP contribution is 2.45. The number of alkyl halides is 2. The van der Waals surface area contributed by atoms with Crippen LogP contribution in [-0.4, -0.2) is 39.1 Å². The Kier molecular flexibility index (Phi) is 6.71. The smallest absolute Gasteiger partial charge is 0.267 e. The number of nitrogens with zero attached hydrogens (tertiary/aromatic N) is 1. The number of sulfone groups is 1. The van der Waals surface area contributed by atoms with Gasteiger partial charge in [-0.05, 0) is 42.8 Å². The van der Waals surface area contributed by atoms with Crippen molar-refractivity contribution in [2.45, 2.75) is 31.4 Å². The Labute approximate surface area is 185 Å². The zero-order valence-electron chi connectivity index (χ0n) is 17.1. The van der Waals surface area contributed by atoms with Gasteiger partial charge in [0.1, 0.15) is 0 Å². The maximum Gasteiger partial charge on any atom is 0.267 e. The molecule has 0 spiro atoms. The molecule has 31 heavy (non-hydrogen) atoms. The number of halogens is 3. The summed E-state index contributed by atoms with van der Waals surface area (Å²) < 4.78 is 50.9. The van der Waals surface area contributed by atoms with Gasteiger partial charge in [-0.15, -0.1) is 0 Å². The fourth-order valence-corrected chi connectivity index (χ4v) is 4.30. The van der Waals surface area contributed by atoms with Crippen LogP contribution in [0.4, 0.5) is 14.5 Å². The van der Waals surface area contributed by atoms with Crippen LogP contribution < -0.4 is 10.2 Å². The fourth-order valence-electron chi connectivity index (χ4n) is 3.51. The number of benzene rings is 2. The highest BCUT2D eigenvalue weighted by atomic mass is 35.5. The number of carbonyl (C=O) groups is 1. The molecule has 1 amide bonds. The van der Waals surface area contributed by atoms with Crippen molar-refractivity contribution in [2.75, 3.05) is 17.7 Å². The van der Waals surface area contributed by atoms with E-state index in [0.717, 1.165) is 11.7 Å². The number of carbonyl (C=O) groups excluding carboxylic acids is 1. The van der Waals surface area contributed by atoms with Gasteiger partial charge in [0.05, 0.1) is 12.6 Å². The summed E-state index contributed by atoms with van der Waals surface area (Å²) in [5.74, 6) is -3.26. The second-order valence-electron chi connectivity index (χ2n) is 7.69. The maximum atomic E-state index is 14.3. The Morgan fingerprint density at radius 3 is 2.48 bits per heavy atom. The lowest BCUT2D eigenvalue weighted by Crippen LogP contribution is -2.31. The molecule has 2 aromatic carbocycles. The lowest BCUT2D eigenvalue weighted by molar-refractivity contribution is 0.0223. The third kappa shape index (κ3) is 6.04. The van der Waals surface area contributed by atoms with Gasteiger partial charge in [-0.1, -0.05) is 35.9 Å². The first kappa shape index (κ1) is 23.2. The largest absolute Gasteiger partial charge is 0.358 e. The van der Waals surface area contributed by atoms with Crippen LogP contribution in [0.5, 0.6) is 0 Å². The molecule has 0 radical (unpaired) electrons. The molecule has 0 saturated carbocycles. The monoisotopic (exact) mass is 468 g/mol. The molecule has 1 N–H and O–H groups in total. The molecule has 1 aliphatic rings. The number of nitrogens with one attached hydrogen (secondary N) is 1. The van der Waals surface area contributed by atoms with Crippen LogP contribution in [0.1, 0.15) is 35.3 Å². The molecular formula is C22H23ClF2N2O3S. The molecule has 2 atom stereocenters. The highest BCUT2D eigenvalue weighted by molar-refractivity contribution is 7.93. The Hall–Kier alpha value is -2.45. The zero-order valence-corrected chi connectivity index (χ0v) is 18.6. The maximum absolute atomic E-state index is 14.3. The summed E-state index contributed by atoms with van der Waals surface area (Å²) in [4.78, 5) is 14.0. The quantitative estimate of drug-likeness (QED) is 0.672. The molecule has 1 unspecified atom stereocenters. The first-order chi connectivity index (χ1) is 14.5. The Balaban J connectivity index is 1.77. The predicted molar refractivity (Wildman–Crippen MR) is 118 cm³/mol. The van der Waals surface area contributed by atoms with Crippen molar-refractivity contribution in [3.05, 3.63) is 76.2 Å². The van der Waals surface area contributed by atoms with Gasteiger partial charge in [0.15, 0.2) is 9.84 Å². The zero-order chi connectivity index (χ0) is 22.8. The number of amides is 1. The number of hydrogen-bond acceptors (Lipinski definition) is 4. The molecule has 1 aliphatic heterocycles. The van der Waals surface area contributed by atoms with Crippen molar-refractivity contribution in [1.82, 2.24) is 5.32 Å². The summed E-state index contributed by atoms with van der Waals surface area (Å²) >= 11 is 6.25. The van der Waals surface area contributed by atoms with E-state index in [-0.39, 0.29) is 6.42 Å². The van der Waals surface area contributed by atoms with E-state index < -0.39 is 40.3 Å². The molecule has 0 aromatic heterocycles. The van der Waals surface area contributed by atoms with E-state index in [1.54, 1.807) is 60.4 Å². The fraction of sp³-hybridized carbons (Fsp3) is 0.318. The molecule has 0 bridgehead atoms. The average Bonchev–Trinajstić information content (AvgIpc) is 3.01. The van der Waals surface area contributed by atoms with Crippen LogP contribution in [0.3, 0.4) is 0 Å². The average molecular weight is 469 g/mol. The van der Waals surface area contributed by atoms with Crippen molar-refractivity contribution in [3.63, 3.8) is 0 Å². The van der Waals surface area contributed by atoms with E-state index in [1.807, 2.05) is 0 Å². The SMILES string of the molecule is C[C@H](/C=C/S(C)(=O)=O)NC(=O)c1ccc(N2CC(F)(F)CC2c2ccccc2Cl)cc1. The van der Waals surface area contributed by atoms with Gasteiger partial charge in [-0.25, -0.2) is 17.2 Å². The molecule has 2 aromatic rings. The third-order valence-electron chi connectivity index (χ3n) is 4.97. The number of rotatable bonds is 6. The predicted octanol–water partition coefficient (Wildman–Crippen LogP) is 4.60. The molecule has 166 valence electrons. The van der Waals surface area contributed by atoms with Crippen LogP contribution in [0.2, 0.25) is 5.02 Å². The van der Waals surface area contributed by atoms with E-state index in [1.165, 1.54) is 6.08 Å². The van der Waals surface area contributed by atoms with Gasteiger partial charge in [0.25, 0.3) is 11.8 Å². The van der Waals surface area contributed by atoms with Crippen molar-refractivity contribution in [1.29, 1.82) is 0 Å². The Morgan fingerprint density at radius 1 is 1.23 bits per heavy atom. The highest BCUT2D eigenvalue weighted by Gasteiger charge is 2.46. The number of hydrogen-bond donors (Lipinski definition) is 1. The summed E-state index contributed by atoms with van der Waals surface area (Å²) in [6, 6.07) is 12.2. The van der Waals surface area contributed by atoms with Crippen LogP contribution in [-0.2, 0) is 9.84 Å². The van der Waals surface area contributed by atoms with E-state index >= 15 is 0 Å². The van der Waals surface area contributed by atoms with Gasteiger partial charge in [0.2, 0.25) is 0 Å². The summed E-state index contributed by atoms with van der Waals surface area (Å²) in [5.41, 5.74) is 1.53. The Morgan fingerprint density at radius 2 is 1.87 bits per heavy atom. The molecular weight excluding hydrogens is 446 g/mol. The first-order valence-corrected chi connectivity index (χ1v) is 12.0. The molecule has 3 rings (SSSR count). The van der Waals surface area contributed by atoms with E-state index in [4.69, 9.17) is 11.6 Å². The molecule has 0 aliphatic carbocycles. The van der Waals surface area contributed by atoms with E-state index in [9.17, 15) is 22.0 Å². The number of anilines is 1. The van der Waals surface area contributed by atoms with Crippen LogP contribution in [0, 0.1) is 0 Å². The summed E-state index contributed by atoms with van der Waals surface area (Å²) in [7, 11) is -3.28. The van der Waals surface area contributed by atoms with Gasteiger partial charge in [-0.2, -0.15) is 0 Å². The molecule has 9 heteroatoms. The topological polar surface area (TPSA) is 66.5 Å². The third-order valence-corrected chi connectivity index (χ3v) is 5.96. The minimum absolute atomic E-state index is 0.337. The lowest BCUT2D eigenvalue weighted by atomic mass is 10.0. The molecule has 1 heterocycles. The van der Waals surface area contributed by atoms with Gasteiger partial charge >= 0.3 is 0 Å². The van der Waals surface area contributed by atoms with Crippen LogP contribution in [0.15, 0.2) is 60.0 Å². The van der Waals surface area contributed by atoms with Crippen LogP contribution >= 0.6 is 11.6 Å². The molecule has 1 saturated heterocycles. The second-order valence-corrected chi connectivity index (χ2v) is 10.0. The van der Waals surface area contributed by atoms with Gasteiger partial charge in [0, 0.05) is 40.4 Å². The minimum Gasteiger partial charge on any atom is -0.358 e. The summed E-state index contributed by atoms with van der Waals surface area (Å²) in [5, 5.41) is 4.14. The minimum atomic E-state index is -3.28. The molecule has 5 nitrogen and oxygen atoms in total.